The summed E-state index contributed by atoms with van der Waals surface area (Å²) in [6.45, 7) is 4.34. The maximum absolute atomic E-state index is 8.59. The van der Waals surface area contributed by atoms with Gasteiger partial charge in [0.25, 0.3) is 0 Å². The molecule has 0 spiro atoms. The van der Waals surface area contributed by atoms with Gasteiger partial charge < -0.3 is 10.0 Å². The van der Waals surface area contributed by atoms with E-state index in [-0.39, 0.29) is 6.61 Å². The molecule has 1 rings (SSSR count). The van der Waals surface area contributed by atoms with Gasteiger partial charge in [-0.3, -0.25) is 0 Å². The van der Waals surface area contributed by atoms with E-state index in [1.165, 1.54) is 4.88 Å². The number of thiophene rings is 1. The average Bonchev–Trinajstić information content (AvgIpc) is 2.66. The predicted octanol–water partition coefficient (Wildman–Crippen LogP) is 1.93. The van der Waals surface area contributed by atoms with Gasteiger partial charge in [-0.15, -0.1) is 11.3 Å². The smallest absolute Gasteiger partial charge is 0.0540 e. The van der Waals surface area contributed by atoms with E-state index < -0.39 is 0 Å². The molecule has 0 atom stereocenters. The molecule has 0 saturated carbocycles. The Hall–Kier alpha value is -0.820. The number of hydrogen-bond acceptors (Lipinski definition) is 3. The first-order chi connectivity index (χ1) is 7.26. The van der Waals surface area contributed by atoms with Crippen LogP contribution in [0.5, 0.6) is 0 Å². The molecule has 15 heavy (non-hydrogen) atoms. The van der Waals surface area contributed by atoms with Gasteiger partial charge in [-0.25, -0.2) is 0 Å². The van der Waals surface area contributed by atoms with E-state index in [1.807, 2.05) is 0 Å². The third-order valence-electron chi connectivity index (χ3n) is 2.09. The van der Waals surface area contributed by atoms with Crippen LogP contribution >= 0.6 is 11.3 Å². The molecule has 2 nitrogen and oxygen atoms in total. The van der Waals surface area contributed by atoms with Crippen LogP contribution in [-0.2, 0) is 6.54 Å². The summed E-state index contributed by atoms with van der Waals surface area (Å²) >= 11 is 1.74. The first-order valence-corrected chi connectivity index (χ1v) is 6.00. The van der Waals surface area contributed by atoms with Crippen molar-refractivity contribution >= 4 is 11.3 Å². The molecule has 0 radical (unpaired) electrons. The molecular weight excluding hydrogens is 206 g/mol. The maximum Gasteiger partial charge on any atom is 0.0540 e. The molecule has 0 amide bonds. The molecule has 0 saturated heterocycles. The zero-order chi connectivity index (χ0) is 11.1. The predicted molar refractivity (Wildman–Crippen MR) is 64.9 cm³/mol. The van der Waals surface area contributed by atoms with Crippen molar-refractivity contribution in [2.75, 3.05) is 20.2 Å². The van der Waals surface area contributed by atoms with Crippen LogP contribution in [0.2, 0.25) is 0 Å². The van der Waals surface area contributed by atoms with Crippen LogP contribution in [0.15, 0.2) is 11.4 Å². The number of aliphatic hydroxyl groups is 1. The van der Waals surface area contributed by atoms with E-state index in [2.05, 4.69) is 42.2 Å². The first-order valence-electron chi connectivity index (χ1n) is 5.12. The standard InChI is InChI=1S/C12H17NOS/c1-3-13(2)9-12-8-11(10-15-12)6-4-5-7-14/h8,10,14H,3,5,7,9H2,1-2H3. The third-order valence-corrected chi connectivity index (χ3v) is 3.01. The molecule has 0 aliphatic carbocycles. The Morgan fingerprint density at radius 1 is 1.53 bits per heavy atom. The highest BCUT2D eigenvalue weighted by Crippen LogP contribution is 2.15. The highest BCUT2D eigenvalue weighted by atomic mass is 32.1. The Bertz CT molecular complexity index is 348. The van der Waals surface area contributed by atoms with Crippen LogP contribution in [0.4, 0.5) is 0 Å². The van der Waals surface area contributed by atoms with Crippen molar-refractivity contribution in [2.45, 2.75) is 19.9 Å². The van der Waals surface area contributed by atoms with Gasteiger partial charge in [-0.2, -0.15) is 0 Å². The molecule has 82 valence electrons. The molecule has 0 aliphatic rings. The second-order valence-electron chi connectivity index (χ2n) is 3.41. The normalized spacial score (nSPS) is 10.1. The summed E-state index contributed by atoms with van der Waals surface area (Å²) in [5.41, 5.74) is 1.06. The van der Waals surface area contributed by atoms with Crippen LogP contribution in [0.1, 0.15) is 23.8 Å². The van der Waals surface area contributed by atoms with Gasteiger partial charge in [0.15, 0.2) is 0 Å². The van der Waals surface area contributed by atoms with E-state index in [1.54, 1.807) is 11.3 Å². The van der Waals surface area contributed by atoms with Crippen molar-refractivity contribution in [2.24, 2.45) is 0 Å². The van der Waals surface area contributed by atoms with Crippen molar-refractivity contribution in [3.05, 3.63) is 21.9 Å². The van der Waals surface area contributed by atoms with Crippen molar-refractivity contribution < 1.29 is 5.11 Å². The number of hydrogen-bond donors (Lipinski definition) is 1. The van der Waals surface area contributed by atoms with Crippen molar-refractivity contribution in [3.8, 4) is 11.8 Å². The summed E-state index contributed by atoms with van der Waals surface area (Å²) in [4.78, 5) is 3.60. The maximum atomic E-state index is 8.59. The lowest BCUT2D eigenvalue weighted by Crippen LogP contribution is -2.15. The van der Waals surface area contributed by atoms with Gasteiger partial charge in [-0.1, -0.05) is 18.8 Å². The van der Waals surface area contributed by atoms with E-state index in [9.17, 15) is 0 Å². The number of aliphatic hydroxyl groups excluding tert-OH is 1. The second-order valence-corrected chi connectivity index (χ2v) is 4.40. The Labute approximate surface area is 95.5 Å². The van der Waals surface area contributed by atoms with Crippen LogP contribution in [0.3, 0.4) is 0 Å². The molecule has 1 aromatic rings. The minimum Gasteiger partial charge on any atom is -0.395 e. The lowest BCUT2D eigenvalue weighted by Gasteiger charge is -2.11. The number of rotatable bonds is 4. The molecule has 3 heteroatoms. The second kappa shape index (κ2) is 6.62. The van der Waals surface area contributed by atoms with Gasteiger partial charge in [0.05, 0.1) is 6.61 Å². The molecule has 0 bridgehead atoms. The van der Waals surface area contributed by atoms with E-state index in [4.69, 9.17) is 5.11 Å². The van der Waals surface area contributed by atoms with E-state index in [0.29, 0.717) is 6.42 Å². The fraction of sp³-hybridized carbons (Fsp3) is 0.500. The van der Waals surface area contributed by atoms with E-state index >= 15 is 0 Å². The summed E-state index contributed by atoms with van der Waals surface area (Å²) in [5, 5.41) is 10.7. The minimum atomic E-state index is 0.141. The van der Waals surface area contributed by atoms with Crippen LogP contribution in [0, 0.1) is 11.8 Å². The van der Waals surface area contributed by atoms with Gasteiger partial charge in [-0.05, 0) is 19.7 Å². The molecular formula is C12H17NOS. The lowest BCUT2D eigenvalue weighted by molar-refractivity contribution is 0.305. The molecule has 0 aromatic carbocycles. The molecule has 0 aliphatic heterocycles. The largest absolute Gasteiger partial charge is 0.395 e. The quantitative estimate of drug-likeness (QED) is 0.788. The van der Waals surface area contributed by atoms with Crippen LogP contribution in [0.25, 0.3) is 0 Å². The summed E-state index contributed by atoms with van der Waals surface area (Å²) < 4.78 is 0. The summed E-state index contributed by atoms with van der Waals surface area (Å²) in [6.07, 6.45) is 0.556. The summed E-state index contributed by atoms with van der Waals surface area (Å²) in [7, 11) is 2.11. The Balaban J connectivity index is 2.53. The monoisotopic (exact) mass is 223 g/mol. The van der Waals surface area contributed by atoms with Crippen molar-refractivity contribution in [3.63, 3.8) is 0 Å². The topological polar surface area (TPSA) is 23.5 Å². The Morgan fingerprint density at radius 3 is 3.00 bits per heavy atom. The highest BCUT2D eigenvalue weighted by molar-refractivity contribution is 7.10. The fourth-order valence-electron chi connectivity index (χ4n) is 1.13. The first kappa shape index (κ1) is 12.3. The molecule has 0 unspecified atom stereocenters. The molecule has 1 heterocycles. The van der Waals surface area contributed by atoms with Crippen LogP contribution < -0.4 is 0 Å². The summed E-state index contributed by atoms with van der Waals surface area (Å²) in [5.74, 6) is 5.96. The SMILES string of the molecule is CCN(C)Cc1cc(C#CCCO)cs1. The fourth-order valence-corrected chi connectivity index (χ4v) is 2.02. The third kappa shape index (κ3) is 4.48. The Kier molecular flexibility index (Phi) is 5.41. The summed E-state index contributed by atoms with van der Waals surface area (Å²) in [6, 6.07) is 2.13. The minimum absolute atomic E-state index is 0.141. The zero-order valence-electron chi connectivity index (χ0n) is 9.29. The molecule has 1 aromatic heterocycles. The van der Waals surface area contributed by atoms with Crippen LogP contribution in [-0.4, -0.2) is 30.2 Å². The van der Waals surface area contributed by atoms with E-state index in [0.717, 1.165) is 18.7 Å². The van der Waals surface area contributed by atoms with Gasteiger partial charge in [0.2, 0.25) is 0 Å². The van der Waals surface area contributed by atoms with Crippen molar-refractivity contribution in [1.82, 2.24) is 4.90 Å². The molecule has 0 fully saturated rings. The number of nitrogens with zero attached hydrogens (tertiary/aromatic N) is 1. The average molecular weight is 223 g/mol. The van der Waals surface area contributed by atoms with Gasteiger partial charge in [0, 0.05) is 28.8 Å². The van der Waals surface area contributed by atoms with Gasteiger partial charge >= 0.3 is 0 Å². The van der Waals surface area contributed by atoms with Crippen molar-refractivity contribution in [1.29, 1.82) is 0 Å². The Morgan fingerprint density at radius 2 is 2.33 bits per heavy atom. The zero-order valence-corrected chi connectivity index (χ0v) is 10.1. The molecule has 1 N–H and O–H groups in total. The highest BCUT2D eigenvalue weighted by Gasteiger charge is 2.00. The lowest BCUT2D eigenvalue weighted by atomic mass is 10.3. The van der Waals surface area contributed by atoms with Gasteiger partial charge in [0.1, 0.15) is 0 Å².